The predicted molar refractivity (Wildman–Crippen MR) is 81.3 cm³/mol. The molecule has 1 amide bonds. The van der Waals surface area contributed by atoms with Crippen LogP contribution in [-0.2, 0) is 6.18 Å². The Bertz CT molecular complexity index is 850. The van der Waals surface area contributed by atoms with Gasteiger partial charge in [-0.25, -0.2) is 5.43 Å². The molecule has 0 aliphatic rings. The zero-order valence-corrected chi connectivity index (χ0v) is 12.3. The van der Waals surface area contributed by atoms with Crippen molar-refractivity contribution in [2.45, 2.75) is 6.18 Å². The average molecular weight is 353 g/mol. The molecule has 0 saturated carbocycles. The molecule has 2 aromatic rings. The van der Waals surface area contributed by atoms with Crippen LogP contribution in [-0.4, -0.2) is 22.2 Å². The van der Waals surface area contributed by atoms with E-state index >= 15 is 0 Å². The quantitative estimate of drug-likeness (QED) is 0.500. The number of carbonyl (C=O) groups is 1. The number of nitrogens with zero attached hydrogens (tertiary/aromatic N) is 2. The molecule has 0 aromatic heterocycles. The number of benzene rings is 2. The lowest BCUT2D eigenvalue weighted by Crippen LogP contribution is -2.18. The number of hydrogen-bond acceptors (Lipinski definition) is 5. The third kappa shape index (κ3) is 4.53. The Labute approximate surface area is 138 Å². The van der Waals surface area contributed by atoms with Gasteiger partial charge < -0.3 is 5.11 Å². The van der Waals surface area contributed by atoms with Gasteiger partial charge in [0.1, 0.15) is 0 Å². The van der Waals surface area contributed by atoms with Gasteiger partial charge in [-0.2, -0.15) is 18.3 Å². The number of nitro benzene ring substituents is 1. The highest BCUT2D eigenvalue weighted by Crippen LogP contribution is 2.29. The van der Waals surface area contributed by atoms with E-state index in [1.54, 1.807) is 0 Å². The normalized spacial score (nSPS) is 11.5. The zero-order chi connectivity index (χ0) is 18.6. The van der Waals surface area contributed by atoms with Crippen LogP contribution >= 0.6 is 0 Å². The summed E-state index contributed by atoms with van der Waals surface area (Å²) in [5.74, 6) is -1.41. The second kappa shape index (κ2) is 6.99. The molecule has 0 aliphatic carbocycles. The molecule has 130 valence electrons. The van der Waals surface area contributed by atoms with Crippen molar-refractivity contribution in [3.63, 3.8) is 0 Å². The first-order valence-electron chi connectivity index (χ1n) is 6.66. The van der Waals surface area contributed by atoms with E-state index in [4.69, 9.17) is 0 Å². The van der Waals surface area contributed by atoms with Crippen molar-refractivity contribution in [1.82, 2.24) is 5.43 Å². The Kier molecular flexibility index (Phi) is 5.01. The van der Waals surface area contributed by atoms with E-state index in [-0.39, 0.29) is 11.1 Å². The molecular weight excluding hydrogens is 343 g/mol. The van der Waals surface area contributed by atoms with Gasteiger partial charge in [0, 0.05) is 17.2 Å². The first-order chi connectivity index (χ1) is 11.7. The molecule has 0 radical (unpaired) electrons. The van der Waals surface area contributed by atoms with Crippen LogP contribution in [0, 0.1) is 10.1 Å². The van der Waals surface area contributed by atoms with Crippen molar-refractivity contribution in [2.24, 2.45) is 5.10 Å². The Morgan fingerprint density at radius 1 is 1.24 bits per heavy atom. The summed E-state index contributed by atoms with van der Waals surface area (Å²) < 4.78 is 37.8. The van der Waals surface area contributed by atoms with Crippen molar-refractivity contribution in [1.29, 1.82) is 0 Å². The fourth-order valence-corrected chi connectivity index (χ4v) is 1.83. The minimum atomic E-state index is -4.58. The molecule has 2 rings (SSSR count). The standard InChI is InChI=1S/C15H10F3N3O4/c16-15(17,18)11-3-1-2-10(7-11)14(23)20-19-8-9-4-5-13(22)12(6-9)21(24)25/h1-8,22H,(H,20,23)/b19-8-. The van der Waals surface area contributed by atoms with E-state index < -0.39 is 34.0 Å². The third-order valence-electron chi connectivity index (χ3n) is 3.03. The van der Waals surface area contributed by atoms with Gasteiger partial charge in [0.15, 0.2) is 5.75 Å². The molecule has 0 saturated heterocycles. The van der Waals surface area contributed by atoms with Gasteiger partial charge in [-0.15, -0.1) is 0 Å². The molecular formula is C15H10F3N3O4. The zero-order valence-electron chi connectivity index (χ0n) is 12.3. The van der Waals surface area contributed by atoms with E-state index in [2.05, 4.69) is 5.10 Å². The summed E-state index contributed by atoms with van der Waals surface area (Å²) in [6, 6.07) is 7.19. The summed E-state index contributed by atoms with van der Waals surface area (Å²) in [5.41, 5.74) is 0.454. The van der Waals surface area contributed by atoms with Gasteiger partial charge in [-0.3, -0.25) is 14.9 Å². The first-order valence-corrected chi connectivity index (χ1v) is 6.66. The summed E-state index contributed by atoms with van der Waals surface area (Å²) in [5, 5.41) is 23.5. The van der Waals surface area contributed by atoms with Gasteiger partial charge in [0.2, 0.25) is 0 Å². The van der Waals surface area contributed by atoms with E-state index in [1.807, 2.05) is 5.43 Å². The van der Waals surface area contributed by atoms with E-state index in [0.717, 1.165) is 30.5 Å². The topological polar surface area (TPSA) is 105 Å². The lowest BCUT2D eigenvalue weighted by Gasteiger charge is -2.07. The maximum atomic E-state index is 12.6. The van der Waals surface area contributed by atoms with Gasteiger partial charge in [-0.1, -0.05) is 6.07 Å². The van der Waals surface area contributed by atoms with Gasteiger partial charge in [0.05, 0.1) is 16.7 Å². The van der Waals surface area contributed by atoms with Crippen LogP contribution in [0.1, 0.15) is 21.5 Å². The van der Waals surface area contributed by atoms with Crippen LogP contribution in [0.5, 0.6) is 5.75 Å². The number of nitro groups is 1. The van der Waals surface area contributed by atoms with Crippen molar-refractivity contribution in [3.05, 3.63) is 69.3 Å². The van der Waals surface area contributed by atoms with Crippen LogP contribution < -0.4 is 5.43 Å². The highest BCUT2D eigenvalue weighted by Gasteiger charge is 2.30. The minimum absolute atomic E-state index is 0.203. The number of carbonyl (C=O) groups excluding carboxylic acids is 1. The largest absolute Gasteiger partial charge is 0.502 e. The van der Waals surface area contributed by atoms with Crippen LogP contribution in [0.4, 0.5) is 18.9 Å². The summed E-state index contributed by atoms with van der Waals surface area (Å²) in [6.07, 6.45) is -3.53. The second-order valence-electron chi connectivity index (χ2n) is 4.78. The molecule has 10 heteroatoms. The Balaban J connectivity index is 2.11. The maximum Gasteiger partial charge on any atom is 0.416 e. The van der Waals surface area contributed by atoms with E-state index in [9.17, 15) is 33.2 Å². The average Bonchev–Trinajstić information content (AvgIpc) is 2.55. The predicted octanol–water partition coefficient (Wildman–Crippen LogP) is 3.08. The third-order valence-corrected chi connectivity index (χ3v) is 3.03. The fourth-order valence-electron chi connectivity index (χ4n) is 1.83. The summed E-state index contributed by atoms with van der Waals surface area (Å²) >= 11 is 0. The number of nitrogens with one attached hydrogen (secondary N) is 1. The molecule has 0 spiro atoms. The first kappa shape index (κ1) is 17.9. The van der Waals surface area contributed by atoms with Gasteiger partial charge in [0.25, 0.3) is 5.91 Å². The van der Waals surface area contributed by atoms with Gasteiger partial charge in [-0.05, 0) is 30.3 Å². The fraction of sp³-hybridized carbons (Fsp3) is 0.0667. The SMILES string of the molecule is O=C(N/N=C\c1ccc(O)c([N+](=O)[O-])c1)c1cccc(C(F)(F)F)c1. The Morgan fingerprint density at radius 2 is 1.96 bits per heavy atom. The molecule has 2 N–H and O–H groups in total. The number of phenols is 1. The number of halogens is 3. The minimum Gasteiger partial charge on any atom is -0.502 e. The molecule has 0 fully saturated rings. The number of alkyl halides is 3. The molecule has 25 heavy (non-hydrogen) atoms. The molecule has 7 nitrogen and oxygen atoms in total. The maximum absolute atomic E-state index is 12.6. The summed E-state index contributed by atoms with van der Waals surface area (Å²) in [7, 11) is 0. The molecule has 2 aromatic carbocycles. The number of hydrazone groups is 1. The van der Waals surface area contributed by atoms with E-state index in [1.165, 1.54) is 12.1 Å². The smallest absolute Gasteiger partial charge is 0.416 e. The van der Waals surface area contributed by atoms with Crippen molar-refractivity contribution in [3.8, 4) is 5.75 Å². The monoisotopic (exact) mass is 353 g/mol. The number of aromatic hydroxyl groups is 1. The number of rotatable bonds is 4. The van der Waals surface area contributed by atoms with Crippen LogP contribution in [0.2, 0.25) is 0 Å². The molecule has 0 unspecified atom stereocenters. The highest BCUT2D eigenvalue weighted by molar-refractivity contribution is 5.95. The summed E-state index contributed by atoms with van der Waals surface area (Å²) in [4.78, 5) is 21.7. The lowest BCUT2D eigenvalue weighted by molar-refractivity contribution is -0.385. The van der Waals surface area contributed by atoms with Crippen LogP contribution in [0.25, 0.3) is 0 Å². The van der Waals surface area contributed by atoms with Crippen molar-refractivity contribution >= 4 is 17.8 Å². The molecule has 0 aliphatic heterocycles. The van der Waals surface area contributed by atoms with Crippen molar-refractivity contribution in [2.75, 3.05) is 0 Å². The Morgan fingerprint density at radius 3 is 2.60 bits per heavy atom. The lowest BCUT2D eigenvalue weighted by atomic mass is 10.1. The van der Waals surface area contributed by atoms with E-state index in [0.29, 0.717) is 6.07 Å². The molecule has 0 heterocycles. The molecule has 0 bridgehead atoms. The number of amides is 1. The highest BCUT2D eigenvalue weighted by atomic mass is 19.4. The van der Waals surface area contributed by atoms with Crippen molar-refractivity contribution < 1.29 is 28.0 Å². The number of hydrogen-bond donors (Lipinski definition) is 2. The second-order valence-corrected chi connectivity index (χ2v) is 4.78. The number of phenolic OH excluding ortho intramolecular Hbond substituents is 1. The molecule has 0 atom stereocenters. The van der Waals surface area contributed by atoms with Gasteiger partial charge >= 0.3 is 11.9 Å². The van der Waals surface area contributed by atoms with Crippen LogP contribution in [0.15, 0.2) is 47.6 Å². The van der Waals surface area contributed by atoms with Crippen LogP contribution in [0.3, 0.4) is 0 Å². The summed E-state index contributed by atoms with van der Waals surface area (Å²) in [6.45, 7) is 0. The Hall–Kier alpha value is -3.43.